The molecule has 32 heavy (non-hydrogen) atoms. The van der Waals surface area contributed by atoms with E-state index < -0.39 is 0 Å². The first kappa shape index (κ1) is 23.9. The SMILES string of the molecule is CCOc1ccc(OCC)c(NC(N)=NCc2ccccc2CN2CCN(CC)CC2)c1. The molecule has 1 heterocycles. The Balaban J connectivity index is 1.66. The third kappa shape index (κ3) is 6.87. The fraction of sp³-hybridized carbons (Fsp3) is 0.480. The van der Waals surface area contributed by atoms with Crippen LogP contribution in [0, 0.1) is 0 Å². The van der Waals surface area contributed by atoms with Crippen LogP contribution in [0.25, 0.3) is 0 Å². The Labute approximate surface area is 192 Å². The lowest BCUT2D eigenvalue weighted by Gasteiger charge is -2.34. The molecule has 2 aromatic carbocycles. The van der Waals surface area contributed by atoms with Crippen molar-refractivity contribution in [3.8, 4) is 11.5 Å². The van der Waals surface area contributed by atoms with Crippen LogP contribution in [0.15, 0.2) is 47.5 Å². The lowest BCUT2D eigenvalue weighted by Crippen LogP contribution is -2.45. The monoisotopic (exact) mass is 439 g/mol. The van der Waals surface area contributed by atoms with E-state index in [1.165, 1.54) is 11.1 Å². The highest BCUT2D eigenvalue weighted by atomic mass is 16.5. The van der Waals surface area contributed by atoms with Gasteiger partial charge in [-0.25, -0.2) is 4.99 Å². The number of aliphatic imine (C=N–C) groups is 1. The van der Waals surface area contributed by atoms with E-state index in [0.717, 1.165) is 56.5 Å². The quantitative estimate of drug-likeness (QED) is 0.436. The normalized spacial score (nSPS) is 15.5. The molecule has 1 saturated heterocycles. The maximum atomic E-state index is 6.23. The molecule has 174 valence electrons. The van der Waals surface area contributed by atoms with E-state index in [9.17, 15) is 0 Å². The second-order valence-corrected chi connectivity index (χ2v) is 7.83. The van der Waals surface area contributed by atoms with E-state index >= 15 is 0 Å². The number of nitrogens with one attached hydrogen (secondary N) is 1. The van der Waals surface area contributed by atoms with Gasteiger partial charge >= 0.3 is 0 Å². The third-order valence-electron chi connectivity index (χ3n) is 5.67. The largest absolute Gasteiger partial charge is 0.494 e. The van der Waals surface area contributed by atoms with Crippen LogP contribution in [0.2, 0.25) is 0 Å². The summed E-state index contributed by atoms with van der Waals surface area (Å²) < 4.78 is 11.3. The van der Waals surface area contributed by atoms with Crippen LogP contribution in [-0.2, 0) is 13.1 Å². The van der Waals surface area contributed by atoms with Gasteiger partial charge in [-0.2, -0.15) is 0 Å². The Kier molecular flexibility index (Phi) is 9.19. The van der Waals surface area contributed by atoms with Crippen molar-refractivity contribution >= 4 is 11.6 Å². The molecule has 1 fully saturated rings. The number of ether oxygens (including phenoxy) is 2. The molecule has 1 aliphatic rings. The fourth-order valence-corrected chi connectivity index (χ4v) is 3.86. The molecule has 0 aromatic heterocycles. The lowest BCUT2D eigenvalue weighted by molar-refractivity contribution is 0.131. The summed E-state index contributed by atoms with van der Waals surface area (Å²) >= 11 is 0. The summed E-state index contributed by atoms with van der Waals surface area (Å²) in [6, 6.07) is 14.2. The number of nitrogens with two attached hydrogens (primary N) is 1. The van der Waals surface area contributed by atoms with E-state index in [0.29, 0.717) is 25.7 Å². The van der Waals surface area contributed by atoms with Crippen LogP contribution in [0.1, 0.15) is 31.9 Å². The van der Waals surface area contributed by atoms with Crippen molar-refractivity contribution in [2.24, 2.45) is 10.7 Å². The number of nitrogens with zero attached hydrogens (tertiary/aromatic N) is 3. The Hall–Kier alpha value is -2.77. The summed E-state index contributed by atoms with van der Waals surface area (Å²) in [6.07, 6.45) is 0. The Morgan fingerprint density at radius 1 is 0.938 bits per heavy atom. The van der Waals surface area contributed by atoms with Gasteiger partial charge in [0.25, 0.3) is 0 Å². The molecule has 0 spiro atoms. The van der Waals surface area contributed by atoms with Gasteiger partial charge in [0, 0.05) is 38.8 Å². The van der Waals surface area contributed by atoms with Crippen LogP contribution < -0.4 is 20.5 Å². The molecule has 7 nitrogen and oxygen atoms in total. The van der Waals surface area contributed by atoms with Gasteiger partial charge in [-0.15, -0.1) is 0 Å². The number of benzene rings is 2. The molecular formula is C25H37N5O2. The predicted octanol–water partition coefficient (Wildman–Crippen LogP) is 3.55. The molecule has 0 radical (unpaired) electrons. The average molecular weight is 440 g/mol. The number of hydrogen-bond donors (Lipinski definition) is 2. The summed E-state index contributed by atoms with van der Waals surface area (Å²) in [4.78, 5) is 9.62. The minimum atomic E-state index is 0.353. The number of rotatable bonds is 10. The second kappa shape index (κ2) is 12.3. The summed E-state index contributed by atoms with van der Waals surface area (Å²) in [7, 11) is 0. The summed E-state index contributed by atoms with van der Waals surface area (Å²) in [5, 5.41) is 3.18. The van der Waals surface area contributed by atoms with Crippen LogP contribution in [-0.4, -0.2) is 61.7 Å². The zero-order chi connectivity index (χ0) is 22.8. The minimum Gasteiger partial charge on any atom is -0.494 e. The third-order valence-corrected chi connectivity index (χ3v) is 5.67. The van der Waals surface area contributed by atoms with Crippen LogP contribution in [0.3, 0.4) is 0 Å². The molecule has 0 atom stereocenters. The highest BCUT2D eigenvalue weighted by Gasteiger charge is 2.16. The molecule has 0 unspecified atom stereocenters. The molecular weight excluding hydrogens is 402 g/mol. The van der Waals surface area contributed by atoms with Crippen molar-refractivity contribution in [2.75, 3.05) is 51.3 Å². The zero-order valence-corrected chi connectivity index (χ0v) is 19.6. The van der Waals surface area contributed by atoms with E-state index in [2.05, 4.69) is 51.3 Å². The van der Waals surface area contributed by atoms with Crippen molar-refractivity contribution < 1.29 is 9.47 Å². The van der Waals surface area contributed by atoms with Gasteiger partial charge in [-0.3, -0.25) is 4.90 Å². The number of guanidine groups is 1. The average Bonchev–Trinajstić information content (AvgIpc) is 2.81. The summed E-state index contributed by atoms with van der Waals surface area (Å²) in [5.41, 5.74) is 9.49. The number of anilines is 1. The van der Waals surface area contributed by atoms with Gasteiger partial charge < -0.3 is 25.4 Å². The minimum absolute atomic E-state index is 0.353. The standard InChI is InChI=1S/C25H37N5O2/c1-4-29-13-15-30(16-14-29)19-21-10-8-7-9-20(21)18-27-25(26)28-23-17-22(31-5-2)11-12-24(23)32-6-3/h7-12,17H,4-6,13-16,18-19H2,1-3H3,(H3,26,27,28). The molecule has 0 aliphatic carbocycles. The van der Waals surface area contributed by atoms with Crippen molar-refractivity contribution in [3.05, 3.63) is 53.6 Å². The molecule has 3 N–H and O–H groups in total. The van der Waals surface area contributed by atoms with Crippen molar-refractivity contribution in [1.82, 2.24) is 9.80 Å². The molecule has 1 aliphatic heterocycles. The van der Waals surface area contributed by atoms with Gasteiger partial charge in [0.1, 0.15) is 11.5 Å². The Bertz CT molecular complexity index is 878. The number of piperazine rings is 1. The summed E-state index contributed by atoms with van der Waals surface area (Å²) in [5.74, 6) is 1.84. The number of likely N-dealkylation sites (N-methyl/N-ethyl adjacent to an activating group) is 1. The first-order valence-electron chi connectivity index (χ1n) is 11.6. The molecule has 0 saturated carbocycles. The van der Waals surface area contributed by atoms with Gasteiger partial charge in [0.2, 0.25) is 0 Å². The Morgan fingerprint density at radius 2 is 1.62 bits per heavy atom. The lowest BCUT2D eigenvalue weighted by atomic mass is 10.1. The van der Waals surface area contributed by atoms with E-state index in [4.69, 9.17) is 15.2 Å². The van der Waals surface area contributed by atoms with Gasteiger partial charge in [0.15, 0.2) is 5.96 Å². The fourth-order valence-electron chi connectivity index (χ4n) is 3.86. The smallest absolute Gasteiger partial charge is 0.193 e. The topological polar surface area (TPSA) is 75.3 Å². The molecule has 3 rings (SSSR count). The zero-order valence-electron chi connectivity index (χ0n) is 19.6. The maximum Gasteiger partial charge on any atom is 0.193 e. The Morgan fingerprint density at radius 3 is 2.31 bits per heavy atom. The first-order chi connectivity index (χ1) is 15.6. The first-order valence-corrected chi connectivity index (χ1v) is 11.6. The van der Waals surface area contributed by atoms with Crippen molar-refractivity contribution in [1.29, 1.82) is 0 Å². The second-order valence-electron chi connectivity index (χ2n) is 7.83. The highest BCUT2D eigenvalue weighted by Crippen LogP contribution is 2.29. The summed E-state index contributed by atoms with van der Waals surface area (Å²) in [6.45, 7) is 14.4. The van der Waals surface area contributed by atoms with Crippen molar-refractivity contribution in [3.63, 3.8) is 0 Å². The maximum absolute atomic E-state index is 6.23. The molecule has 0 amide bonds. The predicted molar refractivity (Wildman–Crippen MR) is 132 cm³/mol. The van der Waals surface area contributed by atoms with Gasteiger partial charge in [0.05, 0.1) is 25.4 Å². The van der Waals surface area contributed by atoms with Crippen molar-refractivity contribution in [2.45, 2.75) is 33.9 Å². The molecule has 0 bridgehead atoms. The van der Waals surface area contributed by atoms with Gasteiger partial charge in [-0.1, -0.05) is 31.2 Å². The van der Waals surface area contributed by atoms with Gasteiger partial charge in [-0.05, 0) is 43.7 Å². The van der Waals surface area contributed by atoms with Crippen LogP contribution in [0.5, 0.6) is 11.5 Å². The van der Waals surface area contributed by atoms with E-state index in [1.807, 2.05) is 32.0 Å². The molecule has 2 aromatic rings. The van der Waals surface area contributed by atoms with E-state index in [1.54, 1.807) is 0 Å². The highest BCUT2D eigenvalue weighted by molar-refractivity contribution is 5.94. The van der Waals surface area contributed by atoms with Crippen LogP contribution >= 0.6 is 0 Å². The molecule has 7 heteroatoms. The van der Waals surface area contributed by atoms with E-state index in [-0.39, 0.29) is 0 Å². The number of hydrogen-bond acceptors (Lipinski definition) is 5. The van der Waals surface area contributed by atoms with Crippen LogP contribution in [0.4, 0.5) is 5.69 Å².